The van der Waals surface area contributed by atoms with E-state index in [-0.39, 0.29) is 5.41 Å². The van der Waals surface area contributed by atoms with Crippen LogP contribution in [0, 0.1) is 17.3 Å². The minimum absolute atomic E-state index is 0.198. The van der Waals surface area contributed by atoms with E-state index in [0.717, 1.165) is 0 Å². The molecule has 17 heavy (non-hydrogen) atoms. The quantitative estimate of drug-likeness (QED) is 0.717. The SMILES string of the molecule is C=CC(C)(C(C)C)C1CCCCCCCC1N. The van der Waals surface area contributed by atoms with Crippen LogP contribution in [0.25, 0.3) is 0 Å². The molecule has 0 spiro atoms. The third kappa shape index (κ3) is 3.58. The molecule has 1 heteroatoms. The van der Waals surface area contributed by atoms with E-state index in [1.54, 1.807) is 0 Å². The van der Waals surface area contributed by atoms with Gasteiger partial charge in [0.05, 0.1) is 0 Å². The van der Waals surface area contributed by atoms with Crippen molar-refractivity contribution in [3.63, 3.8) is 0 Å². The van der Waals surface area contributed by atoms with E-state index in [2.05, 4.69) is 33.4 Å². The summed E-state index contributed by atoms with van der Waals surface area (Å²) >= 11 is 0. The largest absolute Gasteiger partial charge is 0.327 e. The predicted molar refractivity (Wildman–Crippen MR) is 76.9 cm³/mol. The molecule has 0 aliphatic heterocycles. The summed E-state index contributed by atoms with van der Waals surface area (Å²) in [6.07, 6.45) is 11.4. The van der Waals surface area contributed by atoms with Gasteiger partial charge in [-0.2, -0.15) is 0 Å². The first-order valence-electron chi connectivity index (χ1n) is 7.41. The van der Waals surface area contributed by atoms with Gasteiger partial charge in [-0.15, -0.1) is 6.58 Å². The smallest absolute Gasteiger partial charge is 0.00754 e. The summed E-state index contributed by atoms with van der Waals surface area (Å²) in [5.74, 6) is 1.23. The van der Waals surface area contributed by atoms with Crippen LogP contribution in [0.4, 0.5) is 0 Å². The summed E-state index contributed by atoms with van der Waals surface area (Å²) in [5, 5.41) is 0. The molecule has 0 amide bonds. The number of rotatable bonds is 3. The van der Waals surface area contributed by atoms with E-state index in [9.17, 15) is 0 Å². The van der Waals surface area contributed by atoms with Crippen molar-refractivity contribution < 1.29 is 0 Å². The van der Waals surface area contributed by atoms with Crippen LogP contribution in [0.3, 0.4) is 0 Å². The molecular formula is C16H31N. The zero-order chi connectivity index (χ0) is 12.9. The van der Waals surface area contributed by atoms with Gasteiger partial charge < -0.3 is 5.73 Å². The van der Waals surface area contributed by atoms with Crippen molar-refractivity contribution in [2.75, 3.05) is 0 Å². The molecule has 0 aromatic rings. The highest BCUT2D eigenvalue weighted by Gasteiger charge is 2.37. The lowest BCUT2D eigenvalue weighted by Crippen LogP contribution is -2.42. The lowest BCUT2D eigenvalue weighted by atomic mass is 9.64. The topological polar surface area (TPSA) is 26.0 Å². The number of hydrogen-bond acceptors (Lipinski definition) is 1. The minimum Gasteiger partial charge on any atom is -0.327 e. The maximum absolute atomic E-state index is 6.47. The molecule has 1 fully saturated rings. The van der Waals surface area contributed by atoms with E-state index < -0.39 is 0 Å². The average molecular weight is 237 g/mol. The van der Waals surface area contributed by atoms with Crippen molar-refractivity contribution in [1.29, 1.82) is 0 Å². The number of hydrogen-bond donors (Lipinski definition) is 1. The standard InChI is InChI=1S/C16H31N/c1-5-16(4,13(2)3)14-11-9-7-6-8-10-12-15(14)17/h5,13-15H,1,6-12,17H2,2-4H3. The van der Waals surface area contributed by atoms with Gasteiger partial charge in [-0.05, 0) is 30.1 Å². The molecular weight excluding hydrogens is 206 g/mol. The molecule has 0 bridgehead atoms. The fraction of sp³-hybridized carbons (Fsp3) is 0.875. The summed E-state index contributed by atoms with van der Waals surface area (Å²) in [6, 6.07) is 0.360. The Morgan fingerprint density at radius 1 is 1.12 bits per heavy atom. The molecule has 3 atom stereocenters. The van der Waals surface area contributed by atoms with Crippen molar-refractivity contribution in [2.45, 2.75) is 71.8 Å². The molecule has 1 rings (SSSR count). The van der Waals surface area contributed by atoms with E-state index in [1.165, 1.54) is 44.9 Å². The Morgan fingerprint density at radius 3 is 2.18 bits per heavy atom. The van der Waals surface area contributed by atoms with Crippen molar-refractivity contribution in [1.82, 2.24) is 0 Å². The molecule has 0 saturated heterocycles. The first kappa shape index (κ1) is 14.8. The van der Waals surface area contributed by atoms with Crippen LogP contribution < -0.4 is 5.73 Å². The van der Waals surface area contributed by atoms with Gasteiger partial charge in [-0.3, -0.25) is 0 Å². The normalized spacial score (nSPS) is 31.1. The van der Waals surface area contributed by atoms with Crippen LogP contribution in [0.1, 0.15) is 65.7 Å². The first-order chi connectivity index (χ1) is 8.02. The first-order valence-corrected chi connectivity index (χ1v) is 7.41. The zero-order valence-electron chi connectivity index (χ0n) is 12.0. The minimum atomic E-state index is 0.198. The highest BCUT2D eigenvalue weighted by molar-refractivity contribution is 5.01. The average Bonchev–Trinajstić information content (AvgIpc) is 2.40. The Hall–Kier alpha value is -0.300. The molecule has 0 aromatic carbocycles. The van der Waals surface area contributed by atoms with Crippen molar-refractivity contribution in [3.05, 3.63) is 12.7 Å². The van der Waals surface area contributed by atoms with Crippen LogP contribution in [0.15, 0.2) is 12.7 Å². The maximum Gasteiger partial charge on any atom is 0.00754 e. The Balaban J connectivity index is 2.83. The van der Waals surface area contributed by atoms with Crippen LogP contribution in [-0.2, 0) is 0 Å². The van der Waals surface area contributed by atoms with Gasteiger partial charge in [0.25, 0.3) is 0 Å². The summed E-state index contributed by atoms with van der Waals surface area (Å²) < 4.78 is 0. The molecule has 0 aromatic heterocycles. The van der Waals surface area contributed by atoms with Crippen molar-refractivity contribution >= 4 is 0 Å². The third-order valence-electron chi connectivity index (χ3n) is 5.05. The van der Waals surface area contributed by atoms with Crippen LogP contribution >= 0.6 is 0 Å². The predicted octanol–water partition coefficient (Wildman–Crippen LogP) is 4.52. The Bertz CT molecular complexity index is 234. The maximum atomic E-state index is 6.47. The van der Waals surface area contributed by atoms with Gasteiger partial charge >= 0.3 is 0 Å². The van der Waals surface area contributed by atoms with Gasteiger partial charge in [-0.1, -0.05) is 59.0 Å². The summed E-state index contributed by atoms with van der Waals surface area (Å²) in [7, 11) is 0. The van der Waals surface area contributed by atoms with E-state index in [4.69, 9.17) is 5.73 Å². The van der Waals surface area contributed by atoms with Gasteiger partial charge in [0, 0.05) is 6.04 Å². The highest BCUT2D eigenvalue weighted by atomic mass is 14.7. The van der Waals surface area contributed by atoms with Crippen LogP contribution in [-0.4, -0.2) is 6.04 Å². The molecule has 1 saturated carbocycles. The number of nitrogens with two attached hydrogens (primary N) is 1. The molecule has 0 radical (unpaired) electrons. The Morgan fingerprint density at radius 2 is 1.65 bits per heavy atom. The van der Waals surface area contributed by atoms with Gasteiger partial charge in [0.2, 0.25) is 0 Å². The van der Waals surface area contributed by atoms with Gasteiger partial charge in [-0.25, -0.2) is 0 Å². The lowest BCUT2D eigenvalue weighted by Gasteiger charge is -2.42. The second kappa shape index (κ2) is 6.58. The number of allylic oxidation sites excluding steroid dienone is 1. The summed E-state index contributed by atoms with van der Waals surface area (Å²) in [6.45, 7) is 11.1. The molecule has 1 aliphatic carbocycles. The Labute approximate surface area is 108 Å². The highest BCUT2D eigenvalue weighted by Crippen LogP contribution is 2.42. The van der Waals surface area contributed by atoms with Gasteiger partial charge in [0.1, 0.15) is 0 Å². The lowest BCUT2D eigenvalue weighted by molar-refractivity contribution is 0.134. The molecule has 3 unspecified atom stereocenters. The van der Waals surface area contributed by atoms with Crippen molar-refractivity contribution in [2.24, 2.45) is 23.0 Å². The third-order valence-corrected chi connectivity index (χ3v) is 5.05. The van der Waals surface area contributed by atoms with E-state index >= 15 is 0 Å². The molecule has 0 heterocycles. The van der Waals surface area contributed by atoms with Crippen LogP contribution in [0.5, 0.6) is 0 Å². The van der Waals surface area contributed by atoms with E-state index in [1.807, 2.05) is 0 Å². The van der Waals surface area contributed by atoms with Gasteiger partial charge in [0.15, 0.2) is 0 Å². The fourth-order valence-electron chi connectivity index (χ4n) is 3.28. The monoisotopic (exact) mass is 237 g/mol. The van der Waals surface area contributed by atoms with E-state index in [0.29, 0.717) is 17.9 Å². The summed E-state index contributed by atoms with van der Waals surface area (Å²) in [5.41, 5.74) is 6.67. The molecule has 1 nitrogen and oxygen atoms in total. The second-order valence-electron chi connectivity index (χ2n) is 6.34. The second-order valence-corrected chi connectivity index (χ2v) is 6.34. The fourth-order valence-corrected chi connectivity index (χ4v) is 3.28. The Kier molecular flexibility index (Phi) is 5.72. The summed E-state index contributed by atoms with van der Waals surface area (Å²) in [4.78, 5) is 0. The van der Waals surface area contributed by atoms with Crippen molar-refractivity contribution in [3.8, 4) is 0 Å². The zero-order valence-corrected chi connectivity index (χ0v) is 12.0. The molecule has 2 N–H and O–H groups in total. The molecule has 100 valence electrons. The van der Waals surface area contributed by atoms with Crippen LogP contribution in [0.2, 0.25) is 0 Å². The molecule has 1 aliphatic rings.